The Balaban J connectivity index is 3.70. The molecule has 0 aromatic rings. The molecule has 0 saturated carbocycles. The standard InChI is InChI=1S/C6H7F3O4S/c1-2-12-4(10)3-13-5(11)14-6(7,8)9/h2-3H2,1H3. The number of hydrogen-bond donors (Lipinski definition) is 0. The first kappa shape index (κ1) is 13.1. The van der Waals surface area contributed by atoms with E-state index in [0.717, 1.165) is 0 Å². The SMILES string of the molecule is CCOC(=O)COC(=O)SC(F)(F)F. The number of ether oxygens (including phenoxy) is 2. The van der Waals surface area contributed by atoms with Crippen LogP contribution >= 0.6 is 11.8 Å². The molecule has 0 heterocycles. The molecule has 0 fully saturated rings. The van der Waals surface area contributed by atoms with E-state index < -0.39 is 35.1 Å². The highest BCUT2D eigenvalue weighted by Gasteiger charge is 2.34. The number of carbonyl (C=O) groups excluding carboxylic acids is 2. The van der Waals surface area contributed by atoms with Crippen molar-refractivity contribution >= 4 is 23.0 Å². The fourth-order valence-electron chi connectivity index (χ4n) is 0.444. The number of alkyl halides is 3. The van der Waals surface area contributed by atoms with Gasteiger partial charge in [0.05, 0.1) is 18.4 Å². The van der Waals surface area contributed by atoms with Crippen molar-refractivity contribution in [1.82, 2.24) is 0 Å². The zero-order valence-corrected chi connectivity index (χ0v) is 7.91. The van der Waals surface area contributed by atoms with Crippen LogP contribution in [0.15, 0.2) is 0 Å². The molecule has 0 radical (unpaired) electrons. The molecule has 0 amide bonds. The predicted molar refractivity (Wildman–Crippen MR) is 41.6 cm³/mol. The minimum atomic E-state index is -4.70. The van der Waals surface area contributed by atoms with E-state index in [-0.39, 0.29) is 6.61 Å². The highest BCUT2D eigenvalue weighted by atomic mass is 32.2. The molecule has 0 aliphatic carbocycles. The van der Waals surface area contributed by atoms with Crippen LogP contribution in [0.25, 0.3) is 0 Å². The number of rotatable bonds is 3. The van der Waals surface area contributed by atoms with Crippen molar-refractivity contribution in [2.75, 3.05) is 13.2 Å². The third kappa shape index (κ3) is 7.71. The third-order valence-electron chi connectivity index (χ3n) is 0.812. The van der Waals surface area contributed by atoms with Crippen molar-refractivity contribution in [3.63, 3.8) is 0 Å². The summed E-state index contributed by atoms with van der Waals surface area (Å²) >= 11 is -0.952. The monoisotopic (exact) mass is 232 g/mol. The van der Waals surface area contributed by atoms with Crippen molar-refractivity contribution < 1.29 is 32.2 Å². The molecule has 82 valence electrons. The molecule has 0 saturated heterocycles. The number of thioether (sulfide) groups is 1. The lowest BCUT2D eigenvalue weighted by Crippen LogP contribution is -2.16. The van der Waals surface area contributed by atoms with E-state index in [1.54, 1.807) is 0 Å². The Kier molecular flexibility index (Phi) is 5.36. The van der Waals surface area contributed by atoms with E-state index in [2.05, 4.69) is 9.47 Å². The van der Waals surface area contributed by atoms with Gasteiger partial charge in [0.25, 0.3) is 0 Å². The minimum absolute atomic E-state index is 0.0722. The van der Waals surface area contributed by atoms with E-state index in [9.17, 15) is 22.8 Å². The van der Waals surface area contributed by atoms with Crippen molar-refractivity contribution in [1.29, 1.82) is 0 Å². The quantitative estimate of drug-likeness (QED) is 0.696. The maximum atomic E-state index is 11.5. The van der Waals surface area contributed by atoms with E-state index >= 15 is 0 Å². The molecule has 0 N–H and O–H groups in total. The predicted octanol–water partition coefficient (Wildman–Crippen LogP) is 1.94. The van der Waals surface area contributed by atoms with Gasteiger partial charge in [0.15, 0.2) is 6.61 Å². The highest BCUT2D eigenvalue weighted by molar-refractivity contribution is 8.14. The molecular weight excluding hydrogens is 225 g/mol. The van der Waals surface area contributed by atoms with Crippen molar-refractivity contribution in [2.24, 2.45) is 0 Å². The first-order valence-electron chi connectivity index (χ1n) is 3.43. The summed E-state index contributed by atoms with van der Waals surface area (Å²) in [5, 5.41) is -1.58. The molecular formula is C6H7F3O4S. The molecule has 0 unspecified atom stereocenters. The Morgan fingerprint density at radius 1 is 1.29 bits per heavy atom. The van der Waals surface area contributed by atoms with Gasteiger partial charge in [0.2, 0.25) is 0 Å². The zero-order valence-electron chi connectivity index (χ0n) is 7.09. The van der Waals surface area contributed by atoms with Crippen molar-refractivity contribution in [2.45, 2.75) is 12.4 Å². The second-order valence-corrected chi connectivity index (χ2v) is 2.89. The number of hydrogen-bond acceptors (Lipinski definition) is 5. The molecule has 0 aliphatic rings. The Bertz CT molecular complexity index is 216. The fourth-order valence-corrected chi connectivity index (χ4v) is 0.751. The van der Waals surface area contributed by atoms with E-state index in [0.29, 0.717) is 0 Å². The van der Waals surface area contributed by atoms with Crippen LogP contribution in [0.3, 0.4) is 0 Å². The van der Waals surface area contributed by atoms with Gasteiger partial charge in [-0.05, 0) is 6.92 Å². The van der Waals surface area contributed by atoms with Crippen LogP contribution in [0.5, 0.6) is 0 Å². The molecule has 0 bridgehead atoms. The van der Waals surface area contributed by atoms with E-state index in [4.69, 9.17) is 0 Å². The van der Waals surface area contributed by atoms with Crippen LogP contribution in [-0.4, -0.2) is 30.0 Å². The molecule has 4 nitrogen and oxygen atoms in total. The van der Waals surface area contributed by atoms with Crippen LogP contribution in [0.2, 0.25) is 0 Å². The number of carbonyl (C=O) groups is 2. The number of halogens is 3. The molecule has 0 spiro atoms. The molecule has 8 heteroatoms. The normalized spacial score (nSPS) is 10.9. The highest BCUT2D eigenvalue weighted by Crippen LogP contribution is 2.31. The maximum Gasteiger partial charge on any atom is 0.452 e. The van der Waals surface area contributed by atoms with Crippen LogP contribution < -0.4 is 0 Å². The van der Waals surface area contributed by atoms with Crippen molar-refractivity contribution in [3.8, 4) is 0 Å². The van der Waals surface area contributed by atoms with E-state index in [1.165, 1.54) is 6.92 Å². The van der Waals surface area contributed by atoms with Crippen LogP contribution in [0.1, 0.15) is 6.92 Å². The smallest absolute Gasteiger partial charge is 0.452 e. The van der Waals surface area contributed by atoms with Gasteiger partial charge in [0, 0.05) is 0 Å². The lowest BCUT2D eigenvalue weighted by Gasteiger charge is -2.05. The van der Waals surface area contributed by atoms with Gasteiger partial charge >= 0.3 is 16.8 Å². The lowest BCUT2D eigenvalue weighted by atomic mass is 10.7. The summed E-state index contributed by atoms with van der Waals surface area (Å²) in [4.78, 5) is 20.9. The number of esters is 1. The molecule has 0 rings (SSSR count). The van der Waals surface area contributed by atoms with Crippen LogP contribution in [0.4, 0.5) is 18.0 Å². The molecule has 14 heavy (non-hydrogen) atoms. The maximum absolute atomic E-state index is 11.5. The van der Waals surface area contributed by atoms with Gasteiger partial charge in [0.1, 0.15) is 0 Å². The Morgan fingerprint density at radius 3 is 2.29 bits per heavy atom. The summed E-state index contributed by atoms with van der Waals surface area (Å²) in [7, 11) is 0. The minimum Gasteiger partial charge on any atom is -0.463 e. The van der Waals surface area contributed by atoms with Crippen LogP contribution in [-0.2, 0) is 14.3 Å². The van der Waals surface area contributed by atoms with Gasteiger partial charge in [-0.3, -0.25) is 0 Å². The Labute approximate surface area is 81.7 Å². The topological polar surface area (TPSA) is 52.6 Å². The second kappa shape index (κ2) is 5.74. The Hall–Kier alpha value is -0.920. The largest absolute Gasteiger partial charge is 0.463 e. The summed E-state index contributed by atoms with van der Waals surface area (Å²) in [5.74, 6) is -0.886. The van der Waals surface area contributed by atoms with Gasteiger partial charge < -0.3 is 9.47 Å². The summed E-state index contributed by atoms with van der Waals surface area (Å²) in [6, 6.07) is 0. The van der Waals surface area contributed by atoms with Gasteiger partial charge in [-0.15, -0.1) is 0 Å². The fraction of sp³-hybridized carbons (Fsp3) is 0.667. The zero-order chi connectivity index (χ0) is 11.2. The molecule has 0 aromatic carbocycles. The summed E-state index contributed by atoms with van der Waals surface area (Å²) in [6.07, 6.45) is 0. The van der Waals surface area contributed by atoms with Gasteiger partial charge in [-0.2, -0.15) is 13.2 Å². The Morgan fingerprint density at radius 2 is 1.86 bits per heavy atom. The second-order valence-electron chi connectivity index (χ2n) is 1.89. The summed E-state index contributed by atoms with van der Waals surface area (Å²) in [5.41, 5.74) is -4.70. The molecule has 0 aliphatic heterocycles. The molecule has 0 aromatic heterocycles. The van der Waals surface area contributed by atoms with Gasteiger partial charge in [-0.1, -0.05) is 0 Å². The summed E-state index contributed by atoms with van der Waals surface area (Å²) in [6.45, 7) is 0.780. The average molecular weight is 232 g/mol. The first-order chi connectivity index (χ1) is 6.35. The van der Waals surface area contributed by atoms with Crippen molar-refractivity contribution in [3.05, 3.63) is 0 Å². The average Bonchev–Trinajstić information content (AvgIpc) is 1.98. The van der Waals surface area contributed by atoms with Crippen LogP contribution in [0, 0.1) is 0 Å². The van der Waals surface area contributed by atoms with E-state index in [1.807, 2.05) is 0 Å². The van der Waals surface area contributed by atoms with Gasteiger partial charge in [-0.25, -0.2) is 9.59 Å². The summed E-state index contributed by atoms with van der Waals surface area (Å²) < 4.78 is 42.9. The first-order valence-corrected chi connectivity index (χ1v) is 4.25. The third-order valence-corrected chi connectivity index (χ3v) is 1.33. The lowest BCUT2D eigenvalue weighted by molar-refractivity contribution is -0.146. The molecule has 0 atom stereocenters.